The average Bonchev–Trinajstić information content (AvgIpc) is 2.81. The number of nitrogens with zero attached hydrogens (tertiary/aromatic N) is 2. The lowest BCUT2D eigenvalue weighted by Gasteiger charge is -2.13. The van der Waals surface area contributed by atoms with Crippen molar-refractivity contribution in [2.24, 2.45) is 0 Å². The van der Waals surface area contributed by atoms with Crippen LogP contribution in [-0.4, -0.2) is 48.4 Å². The quantitative estimate of drug-likeness (QED) is 0.726. The fourth-order valence-electron chi connectivity index (χ4n) is 2.54. The number of nitrogens with one attached hydrogen (secondary N) is 2. The number of aryl methyl sites for hydroxylation is 1. The van der Waals surface area contributed by atoms with Crippen LogP contribution < -0.4 is 10.6 Å². The summed E-state index contributed by atoms with van der Waals surface area (Å²) >= 11 is 0. The normalized spacial score (nSPS) is 19.5. The van der Waals surface area contributed by atoms with E-state index >= 15 is 0 Å². The molecule has 1 fully saturated rings. The molecule has 7 nitrogen and oxygen atoms in total. The molecule has 1 amide bonds. The van der Waals surface area contributed by atoms with E-state index in [1.807, 2.05) is 0 Å². The van der Waals surface area contributed by atoms with Gasteiger partial charge >= 0.3 is 0 Å². The fraction of sp³-hybridized carbons (Fsp3) is 0.667. The molecule has 1 unspecified atom stereocenters. The van der Waals surface area contributed by atoms with Gasteiger partial charge in [-0.25, -0.2) is 18.4 Å². The molecule has 8 heteroatoms. The smallest absolute Gasteiger partial charge is 0.270 e. The molecule has 128 valence electrons. The largest absolute Gasteiger partial charge is 0.366 e. The Morgan fingerprint density at radius 1 is 1.35 bits per heavy atom. The Balaban J connectivity index is 1.99. The number of amides is 1. The highest BCUT2D eigenvalue weighted by atomic mass is 32.2. The zero-order valence-electron chi connectivity index (χ0n) is 13.6. The van der Waals surface area contributed by atoms with Crippen LogP contribution in [0, 0.1) is 6.92 Å². The number of sulfone groups is 1. The highest BCUT2D eigenvalue weighted by Gasteiger charge is 2.28. The van der Waals surface area contributed by atoms with Crippen molar-refractivity contribution in [3.63, 3.8) is 0 Å². The lowest BCUT2D eigenvalue weighted by Crippen LogP contribution is -2.27. The summed E-state index contributed by atoms with van der Waals surface area (Å²) in [5, 5.41) is 5.94. The van der Waals surface area contributed by atoms with Crippen molar-refractivity contribution in [3.8, 4) is 0 Å². The first kappa shape index (κ1) is 17.7. The highest BCUT2D eigenvalue weighted by molar-refractivity contribution is 7.91. The predicted molar refractivity (Wildman–Crippen MR) is 89.3 cm³/mol. The zero-order chi connectivity index (χ0) is 16.9. The van der Waals surface area contributed by atoms with E-state index in [0.29, 0.717) is 30.3 Å². The van der Waals surface area contributed by atoms with Gasteiger partial charge in [-0.15, -0.1) is 0 Å². The third-order valence-electron chi connectivity index (χ3n) is 3.72. The molecule has 23 heavy (non-hydrogen) atoms. The Labute approximate surface area is 137 Å². The second kappa shape index (κ2) is 7.72. The molecule has 2 N–H and O–H groups in total. The van der Waals surface area contributed by atoms with Crippen LogP contribution in [0.15, 0.2) is 6.07 Å². The maximum Gasteiger partial charge on any atom is 0.270 e. The monoisotopic (exact) mass is 340 g/mol. The van der Waals surface area contributed by atoms with E-state index in [9.17, 15) is 13.2 Å². The summed E-state index contributed by atoms with van der Waals surface area (Å²) < 4.78 is 23.0. The van der Waals surface area contributed by atoms with Crippen LogP contribution in [-0.2, 0) is 9.84 Å². The molecule has 1 aromatic rings. The van der Waals surface area contributed by atoms with E-state index in [0.717, 1.165) is 19.3 Å². The SMILES string of the molecule is CCCCCNC(=O)c1cc(NC2CCS(=O)(=O)C2)nc(C)n1. The topological polar surface area (TPSA) is 101 Å². The first-order chi connectivity index (χ1) is 10.9. The fourth-order valence-corrected chi connectivity index (χ4v) is 4.22. The van der Waals surface area contributed by atoms with Gasteiger partial charge in [0.15, 0.2) is 9.84 Å². The molecule has 0 bridgehead atoms. The number of hydrogen-bond donors (Lipinski definition) is 2. The summed E-state index contributed by atoms with van der Waals surface area (Å²) in [5.74, 6) is 1.05. The van der Waals surface area contributed by atoms with Crippen LogP contribution in [0.5, 0.6) is 0 Å². The number of carbonyl (C=O) groups is 1. The van der Waals surface area contributed by atoms with Crippen molar-refractivity contribution in [1.29, 1.82) is 0 Å². The van der Waals surface area contributed by atoms with Crippen molar-refractivity contribution in [1.82, 2.24) is 15.3 Å². The molecule has 1 aromatic heterocycles. The zero-order valence-corrected chi connectivity index (χ0v) is 14.4. The maximum atomic E-state index is 12.1. The summed E-state index contributed by atoms with van der Waals surface area (Å²) in [5.41, 5.74) is 0.303. The lowest BCUT2D eigenvalue weighted by molar-refractivity contribution is 0.0947. The molecule has 2 heterocycles. The van der Waals surface area contributed by atoms with E-state index in [1.54, 1.807) is 13.0 Å². The van der Waals surface area contributed by atoms with Gasteiger partial charge in [-0.2, -0.15) is 0 Å². The number of unbranched alkanes of at least 4 members (excludes halogenated alkanes) is 2. The molecule has 0 spiro atoms. The van der Waals surface area contributed by atoms with Crippen molar-refractivity contribution in [2.75, 3.05) is 23.4 Å². The molecule has 0 aliphatic carbocycles. The van der Waals surface area contributed by atoms with Crippen LogP contribution in [0.4, 0.5) is 5.82 Å². The molecule has 1 atom stereocenters. The second-order valence-corrected chi connectivity index (χ2v) is 8.12. The number of rotatable bonds is 7. The van der Waals surface area contributed by atoms with Crippen LogP contribution in [0.25, 0.3) is 0 Å². The van der Waals surface area contributed by atoms with Gasteiger partial charge in [0.25, 0.3) is 5.91 Å². The van der Waals surface area contributed by atoms with Gasteiger partial charge < -0.3 is 10.6 Å². The van der Waals surface area contributed by atoms with Gasteiger partial charge in [0.05, 0.1) is 11.5 Å². The van der Waals surface area contributed by atoms with Crippen LogP contribution in [0.3, 0.4) is 0 Å². The minimum Gasteiger partial charge on any atom is -0.366 e. The molecule has 0 radical (unpaired) electrons. The molecular weight excluding hydrogens is 316 g/mol. The maximum absolute atomic E-state index is 12.1. The average molecular weight is 340 g/mol. The van der Waals surface area contributed by atoms with Crippen LogP contribution in [0.1, 0.15) is 48.9 Å². The summed E-state index contributed by atoms with van der Waals surface area (Å²) in [6, 6.07) is 1.42. The van der Waals surface area contributed by atoms with Gasteiger partial charge in [-0.05, 0) is 19.8 Å². The number of carbonyl (C=O) groups excluding carboxylic acids is 1. The van der Waals surface area contributed by atoms with Crippen molar-refractivity contribution in [3.05, 3.63) is 17.6 Å². The number of anilines is 1. The molecule has 1 saturated heterocycles. The molecular formula is C15H24N4O3S. The molecule has 2 rings (SSSR count). The Morgan fingerprint density at radius 2 is 2.13 bits per heavy atom. The summed E-state index contributed by atoms with van der Waals surface area (Å²) in [6.07, 6.45) is 3.67. The molecule has 0 aromatic carbocycles. The van der Waals surface area contributed by atoms with E-state index in [-0.39, 0.29) is 23.5 Å². The second-order valence-electron chi connectivity index (χ2n) is 5.89. The Kier molecular flexibility index (Phi) is 5.92. The predicted octanol–water partition coefficient (Wildman–Crippen LogP) is 1.30. The summed E-state index contributed by atoms with van der Waals surface area (Å²) in [7, 11) is -2.95. The van der Waals surface area contributed by atoms with Crippen LogP contribution >= 0.6 is 0 Å². The van der Waals surface area contributed by atoms with Gasteiger partial charge in [0.1, 0.15) is 17.3 Å². The standard InChI is InChI=1S/C15H24N4O3S/c1-3-4-5-7-16-15(20)13-9-14(18-11(2)17-13)19-12-6-8-23(21,22)10-12/h9,12H,3-8,10H2,1-2H3,(H,16,20)(H,17,18,19). The third kappa shape index (κ3) is 5.46. The Hall–Kier alpha value is -1.70. The Morgan fingerprint density at radius 3 is 2.78 bits per heavy atom. The van der Waals surface area contributed by atoms with E-state index in [1.165, 1.54) is 0 Å². The van der Waals surface area contributed by atoms with Gasteiger partial charge in [-0.3, -0.25) is 4.79 Å². The van der Waals surface area contributed by atoms with Crippen molar-refractivity contribution >= 4 is 21.6 Å². The highest BCUT2D eigenvalue weighted by Crippen LogP contribution is 2.17. The van der Waals surface area contributed by atoms with E-state index in [2.05, 4.69) is 27.5 Å². The third-order valence-corrected chi connectivity index (χ3v) is 5.49. The lowest BCUT2D eigenvalue weighted by atomic mass is 10.2. The van der Waals surface area contributed by atoms with Crippen LogP contribution in [0.2, 0.25) is 0 Å². The number of aromatic nitrogens is 2. The molecule has 1 aliphatic heterocycles. The van der Waals surface area contributed by atoms with Crippen molar-refractivity contribution < 1.29 is 13.2 Å². The van der Waals surface area contributed by atoms with Crippen molar-refractivity contribution in [2.45, 2.75) is 45.6 Å². The van der Waals surface area contributed by atoms with Gasteiger partial charge in [0, 0.05) is 18.7 Å². The minimum atomic E-state index is -2.95. The number of hydrogen-bond acceptors (Lipinski definition) is 6. The van der Waals surface area contributed by atoms with E-state index in [4.69, 9.17) is 0 Å². The molecule has 0 saturated carbocycles. The summed E-state index contributed by atoms with van der Waals surface area (Å²) in [6.45, 7) is 4.44. The van der Waals surface area contributed by atoms with Gasteiger partial charge in [0.2, 0.25) is 0 Å². The first-order valence-electron chi connectivity index (χ1n) is 8.00. The first-order valence-corrected chi connectivity index (χ1v) is 9.82. The summed E-state index contributed by atoms with van der Waals surface area (Å²) in [4.78, 5) is 20.5. The minimum absolute atomic E-state index is 0.106. The molecule has 1 aliphatic rings. The van der Waals surface area contributed by atoms with Gasteiger partial charge in [-0.1, -0.05) is 19.8 Å². The van der Waals surface area contributed by atoms with E-state index < -0.39 is 9.84 Å². The Bertz CT molecular complexity index is 661.